The topological polar surface area (TPSA) is 90.1 Å². The predicted molar refractivity (Wildman–Crippen MR) is 90.1 cm³/mol. The molecular weight excluding hydrogens is 328 g/mol. The number of carbonyl (C=O) groups excluding carboxylic acids is 1. The largest absolute Gasteiger partial charge is 0.497 e. The van der Waals surface area contributed by atoms with Crippen molar-refractivity contribution in [1.29, 1.82) is 0 Å². The highest BCUT2D eigenvalue weighted by Gasteiger charge is 2.12. The third kappa shape index (κ3) is 3.96. The van der Waals surface area contributed by atoms with Crippen LogP contribution in [0.1, 0.15) is 17.2 Å². The Kier molecular flexibility index (Phi) is 4.85. The maximum Gasteiger partial charge on any atom is 0.227 e. The number of rotatable bonds is 6. The van der Waals surface area contributed by atoms with Crippen LogP contribution in [0.2, 0.25) is 0 Å². The Morgan fingerprint density at radius 2 is 2.12 bits per heavy atom. The molecule has 3 rings (SSSR count). The van der Waals surface area contributed by atoms with E-state index in [1.165, 1.54) is 11.3 Å². The Labute approximate surface area is 142 Å². The second kappa shape index (κ2) is 7.22. The quantitative estimate of drug-likeness (QED) is 0.739. The molecular formula is C16H16N4O3S. The summed E-state index contributed by atoms with van der Waals surface area (Å²) in [5.74, 6) is 1.54. The minimum atomic E-state index is -0.131. The summed E-state index contributed by atoms with van der Waals surface area (Å²) in [5.41, 5.74) is 0.827. The smallest absolute Gasteiger partial charge is 0.227 e. The number of anilines is 1. The van der Waals surface area contributed by atoms with Crippen molar-refractivity contribution in [3.63, 3.8) is 0 Å². The summed E-state index contributed by atoms with van der Waals surface area (Å²) in [6, 6.07) is 7.36. The first-order valence-electron chi connectivity index (χ1n) is 7.33. The molecule has 0 bridgehead atoms. The van der Waals surface area contributed by atoms with Crippen LogP contribution in [0.3, 0.4) is 0 Å². The second-order valence-corrected chi connectivity index (χ2v) is 6.30. The molecule has 2 heterocycles. The number of nitrogens with zero attached hydrogens (tertiary/aromatic N) is 3. The average Bonchev–Trinajstić information content (AvgIpc) is 3.22. The molecule has 124 valence electrons. The lowest BCUT2D eigenvalue weighted by molar-refractivity contribution is -0.116. The van der Waals surface area contributed by atoms with Gasteiger partial charge < -0.3 is 14.6 Å². The maximum atomic E-state index is 11.9. The molecule has 3 aromatic rings. The lowest BCUT2D eigenvalue weighted by Gasteiger charge is -1.99. The standard InChI is InChI=1S/C16H16N4O3S/c1-10-9-17-16(24-10)18-13(21)7-8-14-19-15(20-23-14)11-3-5-12(22-2)6-4-11/h3-6,9H,7-8H2,1-2H3,(H,17,18,21). The zero-order valence-corrected chi connectivity index (χ0v) is 14.1. The van der Waals surface area contributed by atoms with Gasteiger partial charge in [-0.2, -0.15) is 4.98 Å². The number of hydrogen-bond donors (Lipinski definition) is 1. The second-order valence-electron chi connectivity index (χ2n) is 5.06. The fourth-order valence-corrected chi connectivity index (χ4v) is 2.71. The molecule has 24 heavy (non-hydrogen) atoms. The van der Waals surface area contributed by atoms with Crippen molar-refractivity contribution < 1.29 is 14.1 Å². The van der Waals surface area contributed by atoms with Crippen LogP contribution in [0.4, 0.5) is 5.13 Å². The van der Waals surface area contributed by atoms with Crippen molar-refractivity contribution in [3.8, 4) is 17.1 Å². The summed E-state index contributed by atoms with van der Waals surface area (Å²) in [4.78, 5) is 21.3. The highest BCUT2D eigenvalue weighted by Crippen LogP contribution is 2.20. The fourth-order valence-electron chi connectivity index (χ4n) is 2.03. The SMILES string of the molecule is COc1ccc(-c2noc(CCC(=O)Nc3ncc(C)s3)n2)cc1. The van der Waals surface area contributed by atoms with E-state index in [4.69, 9.17) is 9.26 Å². The number of amides is 1. The normalized spacial score (nSPS) is 10.6. The van der Waals surface area contributed by atoms with Gasteiger partial charge in [-0.3, -0.25) is 4.79 Å². The van der Waals surface area contributed by atoms with Crippen molar-refractivity contribution in [2.75, 3.05) is 12.4 Å². The first-order valence-corrected chi connectivity index (χ1v) is 8.15. The van der Waals surface area contributed by atoms with Crippen LogP contribution in [-0.2, 0) is 11.2 Å². The van der Waals surface area contributed by atoms with Crippen LogP contribution in [0, 0.1) is 6.92 Å². The number of carbonyl (C=O) groups is 1. The van der Waals surface area contributed by atoms with Crippen molar-refractivity contribution in [1.82, 2.24) is 15.1 Å². The summed E-state index contributed by atoms with van der Waals surface area (Å²) in [7, 11) is 1.61. The van der Waals surface area contributed by atoms with E-state index in [9.17, 15) is 4.79 Å². The van der Waals surface area contributed by atoms with Crippen molar-refractivity contribution in [2.24, 2.45) is 0 Å². The van der Waals surface area contributed by atoms with Crippen LogP contribution < -0.4 is 10.1 Å². The van der Waals surface area contributed by atoms with E-state index in [2.05, 4.69) is 20.4 Å². The fraction of sp³-hybridized carbons (Fsp3) is 0.250. The van der Waals surface area contributed by atoms with E-state index >= 15 is 0 Å². The van der Waals surface area contributed by atoms with Gasteiger partial charge in [0, 0.05) is 29.5 Å². The molecule has 0 fully saturated rings. The zero-order valence-electron chi connectivity index (χ0n) is 13.3. The number of nitrogens with one attached hydrogen (secondary N) is 1. The van der Waals surface area contributed by atoms with Gasteiger partial charge in [-0.1, -0.05) is 5.16 Å². The molecule has 0 radical (unpaired) electrons. The molecule has 0 spiro atoms. The molecule has 1 aromatic carbocycles. The summed E-state index contributed by atoms with van der Waals surface area (Å²) < 4.78 is 10.3. The van der Waals surface area contributed by atoms with Gasteiger partial charge in [0.25, 0.3) is 0 Å². The Morgan fingerprint density at radius 3 is 2.79 bits per heavy atom. The highest BCUT2D eigenvalue weighted by atomic mass is 32.1. The number of hydrogen-bond acceptors (Lipinski definition) is 7. The van der Waals surface area contributed by atoms with Crippen LogP contribution >= 0.6 is 11.3 Å². The average molecular weight is 344 g/mol. The number of aryl methyl sites for hydroxylation is 2. The van der Waals surface area contributed by atoms with Gasteiger partial charge in [-0.25, -0.2) is 4.98 Å². The Bertz CT molecular complexity index is 826. The van der Waals surface area contributed by atoms with Crippen LogP contribution in [0.5, 0.6) is 5.75 Å². The molecule has 8 heteroatoms. The number of thiazole rings is 1. The molecule has 0 aliphatic rings. The summed E-state index contributed by atoms with van der Waals surface area (Å²) in [6.07, 6.45) is 2.35. The van der Waals surface area contributed by atoms with Crippen molar-refractivity contribution in [3.05, 3.63) is 41.2 Å². The van der Waals surface area contributed by atoms with E-state index < -0.39 is 0 Å². The monoisotopic (exact) mass is 344 g/mol. The van der Waals surface area contributed by atoms with E-state index in [0.717, 1.165) is 16.2 Å². The minimum Gasteiger partial charge on any atom is -0.497 e. The first-order chi connectivity index (χ1) is 11.6. The van der Waals surface area contributed by atoms with E-state index in [1.54, 1.807) is 13.3 Å². The Morgan fingerprint density at radius 1 is 1.33 bits per heavy atom. The molecule has 2 aromatic heterocycles. The summed E-state index contributed by atoms with van der Waals surface area (Å²) >= 11 is 1.44. The van der Waals surface area contributed by atoms with Gasteiger partial charge in [0.2, 0.25) is 17.6 Å². The van der Waals surface area contributed by atoms with Gasteiger partial charge in [0.1, 0.15) is 5.75 Å². The molecule has 0 aliphatic heterocycles. The first kappa shape index (κ1) is 16.1. The number of ether oxygens (including phenoxy) is 1. The van der Waals surface area contributed by atoms with Crippen molar-refractivity contribution >= 4 is 22.4 Å². The van der Waals surface area contributed by atoms with Gasteiger partial charge in [0.15, 0.2) is 5.13 Å². The molecule has 1 N–H and O–H groups in total. The maximum absolute atomic E-state index is 11.9. The van der Waals surface area contributed by atoms with Gasteiger partial charge >= 0.3 is 0 Å². The molecule has 0 saturated heterocycles. The van der Waals surface area contributed by atoms with Crippen LogP contribution in [0.25, 0.3) is 11.4 Å². The van der Waals surface area contributed by atoms with E-state index in [1.807, 2.05) is 31.2 Å². The Hall–Kier alpha value is -2.74. The van der Waals surface area contributed by atoms with Crippen LogP contribution in [-0.4, -0.2) is 28.1 Å². The van der Waals surface area contributed by atoms with Crippen molar-refractivity contribution in [2.45, 2.75) is 19.8 Å². The van der Waals surface area contributed by atoms with E-state index in [0.29, 0.717) is 23.3 Å². The minimum absolute atomic E-state index is 0.131. The number of methoxy groups -OCH3 is 1. The molecule has 0 saturated carbocycles. The number of benzene rings is 1. The highest BCUT2D eigenvalue weighted by molar-refractivity contribution is 7.15. The lowest BCUT2D eigenvalue weighted by Crippen LogP contribution is -2.12. The third-order valence-corrected chi connectivity index (χ3v) is 4.08. The predicted octanol–water partition coefficient (Wildman–Crippen LogP) is 3.08. The molecule has 0 aliphatic carbocycles. The van der Waals surface area contributed by atoms with Gasteiger partial charge in [-0.15, -0.1) is 11.3 Å². The summed E-state index contributed by atoms with van der Waals surface area (Å²) in [6.45, 7) is 1.94. The number of aromatic nitrogens is 3. The molecule has 1 amide bonds. The van der Waals surface area contributed by atoms with Gasteiger partial charge in [-0.05, 0) is 31.2 Å². The third-order valence-electron chi connectivity index (χ3n) is 3.25. The molecule has 0 atom stereocenters. The Balaban J connectivity index is 1.56. The van der Waals surface area contributed by atoms with Gasteiger partial charge in [0.05, 0.1) is 7.11 Å². The molecule has 7 nitrogen and oxygen atoms in total. The molecule has 0 unspecified atom stereocenters. The zero-order chi connectivity index (χ0) is 16.9. The summed E-state index contributed by atoms with van der Waals surface area (Å²) in [5, 5.41) is 7.29. The van der Waals surface area contributed by atoms with E-state index in [-0.39, 0.29) is 12.3 Å². The lowest BCUT2D eigenvalue weighted by atomic mass is 10.2. The van der Waals surface area contributed by atoms with Crippen LogP contribution in [0.15, 0.2) is 35.0 Å².